The number of ether oxygens (including phenoxy) is 1. The van der Waals surface area contributed by atoms with Crippen LogP contribution in [0.1, 0.15) is 35.8 Å². The molecule has 3 aromatic rings. The molecule has 1 aliphatic heterocycles. The van der Waals surface area contributed by atoms with E-state index in [9.17, 15) is 18.0 Å². The summed E-state index contributed by atoms with van der Waals surface area (Å²) in [7, 11) is 3.59. The number of likely N-dealkylation sites (tertiary alicyclic amines) is 1. The molecule has 208 valence electrons. The van der Waals surface area contributed by atoms with Gasteiger partial charge in [0.1, 0.15) is 12.3 Å². The number of aromatic nitrogens is 1. The van der Waals surface area contributed by atoms with Gasteiger partial charge in [0.05, 0.1) is 30.6 Å². The quantitative estimate of drug-likeness (QED) is 0.353. The number of hydrogen-bond donors (Lipinski definition) is 3. The first-order chi connectivity index (χ1) is 18.7. The third kappa shape index (κ3) is 7.18. The molecule has 4 rings (SSSR count). The zero-order valence-electron chi connectivity index (χ0n) is 22.4. The number of amides is 1. The molecule has 2 heterocycles. The third-order valence-corrected chi connectivity index (χ3v) is 6.75. The van der Waals surface area contributed by atoms with E-state index in [1.165, 1.54) is 11.7 Å². The van der Waals surface area contributed by atoms with Crippen LogP contribution in [0, 0.1) is 11.8 Å². The number of halogens is 3. The number of hydrogen-bond acceptors (Lipinski definition) is 5. The van der Waals surface area contributed by atoms with Crippen molar-refractivity contribution in [1.29, 1.82) is 0 Å². The second-order valence-corrected chi connectivity index (χ2v) is 9.62. The van der Waals surface area contributed by atoms with Crippen LogP contribution in [0.5, 0.6) is 5.75 Å². The van der Waals surface area contributed by atoms with E-state index in [1.54, 1.807) is 36.4 Å². The van der Waals surface area contributed by atoms with Gasteiger partial charge in [-0.2, -0.15) is 13.2 Å². The smallest absolute Gasteiger partial charge is 0.406 e. The predicted molar refractivity (Wildman–Crippen MR) is 149 cm³/mol. The van der Waals surface area contributed by atoms with Gasteiger partial charge in [-0.25, -0.2) is 0 Å². The minimum atomic E-state index is -4.39. The fourth-order valence-electron chi connectivity index (χ4n) is 4.75. The zero-order chi connectivity index (χ0) is 28.0. The summed E-state index contributed by atoms with van der Waals surface area (Å²) in [5, 5.41) is 10.1. The van der Waals surface area contributed by atoms with Gasteiger partial charge in [0, 0.05) is 29.2 Å². The lowest BCUT2D eigenvalue weighted by molar-refractivity contribution is -0.140. The summed E-state index contributed by atoms with van der Waals surface area (Å²) in [6.45, 7) is 3.35. The molecule has 1 fully saturated rings. The van der Waals surface area contributed by atoms with Crippen molar-refractivity contribution in [2.24, 2.45) is 0 Å². The van der Waals surface area contributed by atoms with Crippen molar-refractivity contribution in [2.45, 2.75) is 38.5 Å². The molecule has 0 unspecified atom stereocenters. The lowest BCUT2D eigenvalue weighted by Crippen LogP contribution is -2.36. The number of benzene rings is 2. The van der Waals surface area contributed by atoms with Crippen LogP contribution in [0.4, 0.5) is 24.5 Å². The summed E-state index contributed by atoms with van der Waals surface area (Å²) in [4.78, 5) is 14.4. The van der Waals surface area contributed by atoms with Gasteiger partial charge in [-0.05, 0) is 82.2 Å². The monoisotopic (exact) mass is 541 g/mol. The number of nitrogens with zero attached hydrogens (tertiary/aromatic N) is 2. The summed E-state index contributed by atoms with van der Waals surface area (Å²) in [5.41, 5.74) is 2.69. The van der Waals surface area contributed by atoms with Gasteiger partial charge < -0.3 is 30.2 Å². The highest BCUT2D eigenvalue weighted by Crippen LogP contribution is 2.31. The van der Waals surface area contributed by atoms with Gasteiger partial charge >= 0.3 is 6.18 Å². The van der Waals surface area contributed by atoms with E-state index >= 15 is 0 Å². The Labute approximate surface area is 226 Å². The number of piperidine rings is 1. The summed E-state index contributed by atoms with van der Waals surface area (Å²) >= 11 is 0. The summed E-state index contributed by atoms with van der Waals surface area (Å²) < 4.78 is 47.2. The van der Waals surface area contributed by atoms with Crippen molar-refractivity contribution in [3.8, 4) is 17.6 Å². The molecule has 3 N–H and O–H groups in total. The zero-order valence-corrected chi connectivity index (χ0v) is 22.4. The molecule has 0 spiro atoms. The SMILES string of the molecule is CCNC(=O)c1ccc(NCC#Cc2cc3c(NC4CCN(C)CC4)cccc3n2CC(F)(F)F)c(OC)c1. The van der Waals surface area contributed by atoms with E-state index in [0.29, 0.717) is 34.8 Å². The van der Waals surface area contributed by atoms with Gasteiger partial charge in [0.15, 0.2) is 0 Å². The van der Waals surface area contributed by atoms with Crippen LogP contribution in [0.25, 0.3) is 10.9 Å². The minimum absolute atomic E-state index is 0.172. The average molecular weight is 542 g/mol. The van der Waals surface area contributed by atoms with E-state index in [-0.39, 0.29) is 18.5 Å². The van der Waals surface area contributed by atoms with Crippen LogP contribution in [-0.2, 0) is 6.54 Å². The van der Waals surface area contributed by atoms with Gasteiger partial charge in [0.2, 0.25) is 0 Å². The number of carbonyl (C=O) groups is 1. The van der Waals surface area contributed by atoms with Crippen LogP contribution in [0.2, 0.25) is 0 Å². The van der Waals surface area contributed by atoms with Gasteiger partial charge in [-0.3, -0.25) is 4.79 Å². The molecule has 0 aliphatic carbocycles. The molecule has 0 radical (unpaired) electrons. The second kappa shape index (κ2) is 12.3. The molecule has 0 saturated carbocycles. The van der Waals surface area contributed by atoms with Gasteiger partial charge in [0.25, 0.3) is 5.91 Å². The first-order valence-electron chi connectivity index (χ1n) is 13.0. The number of rotatable bonds is 8. The molecular formula is C29H34F3N5O2. The van der Waals surface area contributed by atoms with E-state index in [0.717, 1.165) is 37.0 Å². The van der Waals surface area contributed by atoms with E-state index in [2.05, 4.69) is 39.7 Å². The van der Waals surface area contributed by atoms with E-state index < -0.39 is 12.7 Å². The Bertz CT molecular complexity index is 1360. The number of anilines is 2. The number of alkyl halides is 3. The first kappa shape index (κ1) is 28.2. The van der Waals surface area contributed by atoms with Crippen LogP contribution < -0.4 is 20.7 Å². The molecule has 1 aliphatic rings. The summed E-state index contributed by atoms with van der Waals surface area (Å²) in [5.74, 6) is 6.13. The molecule has 1 saturated heterocycles. The fourth-order valence-corrected chi connectivity index (χ4v) is 4.75. The maximum Gasteiger partial charge on any atom is 0.406 e. The Kier molecular flexibility index (Phi) is 8.92. The largest absolute Gasteiger partial charge is 0.495 e. The first-order valence-corrected chi connectivity index (χ1v) is 13.0. The summed E-state index contributed by atoms with van der Waals surface area (Å²) in [6, 6.07) is 12.4. The van der Waals surface area contributed by atoms with E-state index in [4.69, 9.17) is 4.74 Å². The topological polar surface area (TPSA) is 70.6 Å². The van der Waals surface area contributed by atoms with Crippen LogP contribution in [0.3, 0.4) is 0 Å². The summed E-state index contributed by atoms with van der Waals surface area (Å²) in [6.07, 6.45) is -2.44. The fraction of sp³-hybridized carbons (Fsp3) is 0.414. The van der Waals surface area contributed by atoms with Crippen molar-refractivity contribution in [2.75, 3.05) is 51.0 Å². The minimum Gasteiger partial charge on any atom is -0.495 e. The molecule has 2 aromatic carbocycles. The van der Waals surface area contributed by atoms with Crippen molar-refractivity contribution < 1.29 is 22.7 Å². The molecular weight excluding hydrogens is 507 g/mol. The lowest BCUT2D eigenvalue weighted by Gasteiger charge is -2.30. The molecule has 0 bridgehead atoms. The molecule has 10 heteroatoms. The Hall–Kier alpha value is -3.84. The molecule has 1 aromatic heterocycles. The highest BCUT2D eigenvalue weighted by atomic mass is 19.4. The Balaban J connectivity index is 1.56. The van der Waals surface area contributed by atoms with Gasteiger partial charge in [-0.15, -0.1) is 0 Å². The Morgan fingerprint density at radius 1 is 1.13 bits per heavy atom. The standard InChI is InChI=1S/C29H34F3N5O2/c1-4-33-28(38)20-10-11-25(27(17-20)39-3)34-14-6-7-22-18-23-24(35-21-12-15-36(2)16-13-21)8-5-9-26(23)37(22)19-29(30,31)32/h5,8-11,17-18,21,34-35H,4,12-16,19H2,1-3H3,(H,33,38). The predicted octanol–water partition coefficient (Wildman–Crippen LogP) is 4.93. The number of nitrogens with one attached hydrogen (secondary N) is 3. The average Bonchev–Trinajstić information content (AvgIpc) is 3.24. The van der Waals surface area contributed by atoms with Crippen molar-refractivity contribution in [3.05, 3.63) is 53.7 Å². The maximum absolute atomic E-state index is 13.5. The number of carbonyl (C=O) groups excluding carboxylic acids is 1. The molecule has 39 heavy (non-hydrogen) atoms. The highest BCUT2D eigenvalue weighted by molar-refractivity contribution is 5.95. The molecule has 1 amide bonds. The van der Waals surface area contributed by atoms with Gasteiger partial charge in [-0.1, -0.05) is 12.0 Å². The van der Waals surface area contributed by atoms with Crippen LogP contribution >= 0.6 is 0 Å². The van der Waals surface area contributed by atoms with Crippen molar-refractivity contribution in [1.82, 2.24) is 14.8 Å². The van der Waals surface area contributed by atoms with Crippen LogP contribution in [0.15, 0.2) is 42.5 Å². The van der Waals surface area contributed by atoms with Crippen molar-refractivity contribution >= 4 is 28.2 Å². The maximum atomic E-state index is 13.5. The second-order valence-electron chi connectivity index (χ2n) is 9.62. The van der Waals surface area contributed by atoms with Crippen molar-refractivity contribution in [3.63, 3.8) is 0 Å². The third-order valence-electron chi connectivity index (χ3n) is 6.75. The van der Waals surface area contributed by atoms with Crippen LogP contribution in [-0.4, -0.2) is 67.9 Å². The number of methoxy groups -OCH3 is 1. The normalized spacial score (nSPS) is 14.5. The Morgan fingerprint density at radius 3 is 2.59 bits per heavy atom. The molecule has 7 nitrogen and oxygen atoms in total. The number of fused-ring (bicyclic) bond motifs is 1. The highest BCUT2D eigenvalue weighted by Gasteiger charge is 2.30. The Morgan fingerprint density at radius 2 is 1.90 bits per heavy atom. The van der Waals surface area contributed by atoms with E-state index in [1.807, 2.05) is 13.0 Å². The lowest BCUT2D eigenvalue weighted by atomic mass is 10.0. The molecule has 0 atom stereocenters.